The molecule has 108 valence electrons. The molecule has 0 saturated carbocycles. The number of ketones is 1. The molecule has 2 bridgehead atoms. The van der Waals surface area contributed by atoms with Gasteiger partial charge in [0.1, 0.15) is 5.75 Å². The number of methoxy groups -OCH3 is 1. The molecule has 20 heavy (non-hydrogen) atoms. The molecule has 1 atom stereocenters. The Morgan fingerprint density at radius 2 is 2.10 bits per heavy atom. The van der Waals surface area contributed by atoms with Crippen LogP contribution in [0.4, 0.5) is 0 Å². The van der Waals surface area contributed by atoms with Gasteiger partial charge in [-0.3, -0.25) is 14.6 Å². The third-order valence-electron chi connectivity index (χ3n) is 4.27. The van der Waals surface area contributed by atoms with Gasteiger partial charge in [0.05, 0.1) is 13.2 Å². The predicted molar refractivity (Wildman–Crippen MR) is 81.2 cm³/mol. The Balaban J connectivity index is 1.73. The van der Waals surface area contributed by atoms with Crippen molar-refractivity contribution in [1.29, 1.82) is 0 Å². The van der Waals surface area contributed by atoms with Crippen LogP contribution in [0.3, 0.4) is 0 Å². The minimum absolute atomic E-state index is 0.0654. The molecule has 0 aromatic heterocycles. The van der Waals surface area contributed by atoms with Gasteiger partial charge in [0.25, 0.3) is 0 Å². The van der Waals surface area contributed by atoms with E-state index < -0.39 is 0 Å². The number of nitrogens with zero attached hydrogens (tertiary/aromatic N) is 2. The van der Waals surface area contributed by atoms with Gasteiger partial charge < -0.3 is 4.74 Å². The summed E-state index contributed by atoms with van der Waals surface area (Å²) in [7, 11) is 1.65. The van der Waals surface area contributed by atoms with E-state index in [-0.39, 0.29) is 6.04 Å². The summed E-state index contributed by atoms with van der Waals surface area (Å²) in [5.41, 5.74) is 1.01. The molecule has 1 aromatic rings. The Morgan fingerprint density at radius 3 is 2.70 bits per heavy atom. The van der Waals surface area contributed by atoms with Gasteiger partial charge in [0, 0.05) is 43.6 Å². The highest BCUT2D eigenvalue weighted by molar-refractivity contribution is 9.10. The van der Waals surface area contributed by atoms with Crippen LogP contribution in [-0.4, -0.2) is 61.5 Å². The molecule has 0 N–H and O–H groups in total. The molecule has 3 aliphatic rings. The number of benzene rings is 1. The van der Waals surface area contributed by atoms with Crippen molar-refractivity contribution in [3.05, 3.63) is 28.2 Å². The topological polar surface area (TPSA) is 32.8 Å². The molecule has 3 aliphatic heterocycles. The van der Waals surface area contributed by atoms with Crippen LogP contribution in [-0.2, 0) is 11.2 Å². The van der Waals surface area contributed by atoms with Crippen LogP contribution in [0.1, 0.15) is 5.56 Å². The number of ether oxygens (including phenoxy) is 1. The Morgan fingerprint density at radius 1 is 1.35 bits per heavy atom. The smallest absolute Gasteiger partial charge is 0.155 e. The summed E-state index contributed by atoms with van der Waals surface area (Å²) >= 11 is 3.52. The van der Waals surface area contributed by atoms with Crippen LogP contribution in [0.5, 0.6) is 5.75 Å². The van der Waals surface area contributed by atoms with Crippen molar-refractivity contribution in [2.45, 2.75) is 12.5 Å². The van der Waals surface area contributed by atoms with Gasteiger partial charge in [-0.1, -0.05) is 15.9 Å². The summed E-state index contributed by atoms with van der Waals surface area (Å²) in [6.07, 6.45) is 0.465. The summed E-state index contributed by atoms with van der Waals surface area (Å²) in [6, 6.07) is 5.85. The fourth-order valence-electron chi connectivity index (χ4n) is 3.04. The van der Waals surface area contributed by atoms with Crippen molar-refractivity contribution in [2.24, 2.45) is 0 Å². The molecule has 5 heteroatoms. The molecule has 0 amide bonds. The van der Waals surface area contributed by atoms with E-state index in [1.165, 1.54) is 0 Å². The third kappa shape index (κ3) is 2.75. The number of Topliss-reactive ketones (excluding diaryl/α,β-unsaturated/α-hetero) is 1. The van der Waals surface area contributed by atoms with Crippen LogP contribution in [0.25, 0.3) is 0 Å². The van der Waals surface area contributed by atoms with Crippen molar-refractivity contribution < 1.29 is 9.53 Å². The Labute approximate surface area is 127 Å². The van der Waals surface area contributed by atoms with Crippen molar-refractivity contribution in [3.63, 3.8) is 0 Å². The fraction of sp³-hybridized carbons (Fsp3) is 0.533. The van der Waals surface area contributed by atoms with Gasteiger partial charge in [0.2, 0.25) is 0 Å². The molecular weight excluding hydrogens is 320 g/mol. The van der Waals surface area contributed by atoms with E-state index in [2.05, 4.69) is 25.7 Å². The van der Waals surface area contributed by atoms with E-state index in [9.17, 15) is 4.79 Å². The molecule has 0 spiro atoms. The minimum Gasteiger partial charge on any atom is -0.497 e. The second-order valence-corrected chi connectivity index (χ2v) is 6.31. The van der Waals surface area contributed by atoms with Gasteiger partial charge in [-0.25, -0.2) is 0 Å². The number of hydrogen-bond acceptors (Lipinski definition) is 4. The molecule has 3 heterocycles. The molecule has 3 saturated heterocycles. The quantitative estimate of drug-likeness (QED) is 0.834. The Bertz CT molecular complexity index is 513. The maximum absolute atomic E-state index is 12.6. The number of hydrogen-bond donors (Lipinski definition) is 0. The Kier molecular flexibility index (Phi) is 4.10. The average molecular weight is 339 g/mol. The van der Waals surface area contributed by atoms with Gasteiger partial charge in [-0.05, 0) is 23.8 Å². The highest BCUT2D eigenvalue weighted by atomic mass is 79.9. The third-order valence-corrected chi connectivity index (χ3v) is 5.04. The lowest BCUT2D eigenvalue weighted by Crippen LogP contribution is -2.63. The first-order valence-corrected chi connectivity index (χ1v) is 7.78. The monoisotopic (exact) mass is 338 g/mol. The standard InChI is InChI=1S/C15H19BrN2O2/c1-20-12-2-3-13(16)11(8-12)9-15(19)14-10-17-4-6-18(14)7-5-17/h2-3,8,14H,4-7,9-10H2,1H3. The van der Waals surface area contributed by atoms with Crippen LogP contribution < -0.4 is 4.74 Å². The number of carbonyl (C=O) groups is 1. The van der Waals surface area contributed by atoms with E-state index in [4.69, 9.17) is 4.74 Å². The molecule has 4 rings (SSSR count). The van der Waals surface area contributed by atoms with Gasteiger partial charge in [0.15, 0.2) is 5.78 Å². The van der Waals surface area contributed by atoms with Gasteiger partial charge >= 0.3 is 0 Å². The highest BCUT2D eigenvalue weighted by Crippen LogP contribution is 2.25. The number of halogens is 1. The molecule has 4 nitrogen and oxygen atoms in total. The predicted octanol–water partition coefficient (Wildman–Crippen LogP) is 1.57. The number of piperazine rings is 3. The van der Waals surface area contributed by atoms with Crippen molar-refractivity contribution in [1.82, 2.24) is 9.80 Å². The van der Waals surface area contributed by atoms with Crippen LogP contribution in [0.15, 0.2) is 22.7 Å². The normalized spacial score (nSPS) is 28.4. The number of carbonyl (C=O) groups excluding carboxylic acids is 1. The average Bonchev–Trinajstić information content (AvgIpc) is 2.50. The summed E-state index contributed by atoms with van der Waals surface area (Å²) in [6.45, 7) is 5.14. The minimum atomic E-state index is 0.0654. The second kappa shape index (κ2) is 5.84. The lowest BCUT2D eigenvalue weighted by molar-refractivity contribution is -0.128. The number of fused-ring (bicyclic) bond motifs is 3. The van der Waals surface area contributed by atoms with Crippen LogP contribution >= 0.6 is 15.9 Å². The van der Waals surface area contributed by atoms with E-state index in [1.807, 2.05) is 18.2 Å². The first-order valence-electron chi connectivity index (χ1n) is 6.99. The van der Waals surface area contributed by atoms with Gasteiger partial charge in [-0.15, -0.1) is 0 Å². The zero-order valence-electron chi connectivity index (χ0n) is 11.6. The summed E-state index contributed by atoms with van der Waals surface area (Å²) in [5, 5.41) is 0. The fourth-order valence-corrected chi connectivity index (χ4v) is 3.43. The van der Waals surface area contributed by atoms with Crippen molar-refractivity contribution in [2.75, 3.05) is 39.8 Å². The first-order chi connectivity index (χ1) is 9.67. The van der Waals surface area contributed by atoms with Gasteiger partial charge in [-0.2, -0.15) is 0 Å². The zero-order chi connectivity index (χ0) is 14.1. The maximum atomic E-state index is 12.6. The summed E-state index contributed by atoms with van der Waals surface area (Å²) in [4.78, 5) is 17.3. The van der Waals surface area contributed by atoms with Crippen LogP contribution in [0, 0.1) is 0 Å². The zero-order valence-corrected chi connectivity index (χ0v) is 13.2. The van der Waals surface area contributed by atoms with Crippen molar-refractivity contribution >= 4 is 21.7 Å². The largest absolute Gasteiger partial charge is 0.497 e. The molecular formula is C15H19BrN2O2. The van der Waals surface area contributed by atoms with Crippen LogP contribution in [0.2, 0.25) is 0 Å². The van der Waals surface area contributed by atoms with E-state index in [1.54, 1.807) is 7.11 Å². The Hall–Kier alpha value is -0.910. The molecule has 0 aliphatic carbocycles. The second-order valence-electron chi connectivity index (χ2n) is 5.45. The molecule has 1 unspecified atom stereocenters. The SMILES string of the molecule is COc1ccc(Br)c(CC(=O)C2CN3CCN2CC3)c1. The maximum Gasteiger partial charge on any atom is 0.155 e. The van der Waals surface area contributed by atoms with E-state index >= 15 is 0 Å². The molecule has 1 aromatic carbocycles. The first kappa shape index (κ1) is 14.0. The lowest BCUT2D eigenvalue weighted by Gasteiger charge is -2.46. The lowest BCUT2D eigenvalue weighted by atomic mass is 9.98. The highest BCUT2D eigenvalue weighted by Gasteiger charge is 2.35. The van der Waals surface area contributed by atoms with Crippen molar-refractivity contribution in [3.8, 4) is 5.75 Å². The summed E-state index contributed by atoms with van der Waals surface area (Å²) < 4.78 is 6.21. The van der Waals surface area contributed by atoms with E-state index in [0.717, 1.165) is 48.5 Å². The molecule has 0 radical (unpaired) electrons. The number of rotatable bonds is 4. The summed E-state index contributed by atoms with van der Waals surface area (Å²) in [5.74, 6) is 1.11. The molecule has 3 fully saturated rings. The van der Waals surface area contributed by atoms with E-state index in [0.29, 0.717) is 12.2 Å².